The zero-order chi connectivity index (χ0) is 33.3. The van der Waals surface area contributed by atoms with Gasteiger partial charge in [0.05, 0.1) is 0 Å². The van der Waals surface area contributed by atoms with Crippen LogP contribution in [-0.2, 0) is 0 Å². The molecule has 0 spiro atoms. The Morgan fingerprint density at radius 1 is 0.280 bits per heavy atom. The molecule has 0 unspecified atom stereocenters. The second-order valence-corrected chi connectivity index (χ2v) is 13.7. The zero-order valence-electron chi connectivity index (χ0n) is 27.4. The SMILES string of the molecule is c1ccc(-c2ccc(N(c3ccc(-c4ccc(-c5ccccc5)c(-c5ccccc5)c4)cc3)c3ccc4c(c3)sc3ccccc34)cc2)cc1. The largest absolute Gasteiger partial charge is 0.310 e. The molecule has 0 bridgehead atoms. The summed E-state index contributed by atoms with van der Waals surface area (Å²) >= 11 is 1.86. The van der Waals surface area contributed by atoms with Gasteiger partial charge in [-0.15, -0.1) is 11.3 Å². The molecule has 1 heterocycles. The minimum absolute atomic E-state index is 1.12. The minimum atomic E-state index is 1.12. The Hall–Kier alpha value is -6.22. The van der Waals surface area contributed by atoms with Crippen LogP contribution in [0.25, 0.3) is 64.7 Å². The highest BCUT2D eigenvalue weighted by Gasteiger charge is 2.16. The number of hydrogen-bond acceptors (Lipinski definition) is 2. The normalized spacial score (nSPS) is 11.2. The summed E-state index contributed by atoms with van der Waals surface area (Å²) in [6.07, 6.45) is 0. The smallest absolute Gasteiger partial charge is 0.0476 e. The molecule has 2 heteroatoms. The third-order valence-electron chi connectivity index (χ3n) is 9.50. The van der Waals surface area contributed by atoms with Crippen LogP contribution < -0.4 is 4.90 Å². The van der Waals surface area contributed by atoms with Crippen LogP contribution in [0.15, 0.2) is 200 Å². The Kier molecular flexibility index (Phi) is 7.77. The summed E-state index contributed by atoms with van der Waals surface area (Å²) in [6.45, 7) is 0. The van der Waals surface area contributed by atoms with Crippen LogP contribution in [0.1, 0.15) is 0 Å². The standard InChI is InChI=1S/C48H33NS/c1-4-12-34(13-5-1)35-20-25-40(26-21-35)49(42-29-31-45-44-18-10-11-19-47(44)50-48(45)33-42)41-27-22-36(23-28-41)39-24-30-43(37-14-6-2-7-15-37)46(32-39)38-16-8-3-9-17-38/h1-33H. The molecule has 8 aromatic carbocycles. The Morgan fingerprint density at radius 3 is 1.38 bits per heavy atom. The summed E-state index contributed by atoms with van der Waals surface area (Å²) in [4.78, 5) is 2.37. The Labute approximate surface area is 297 Å². The molecule has 1 aromatic heterocycles. The highest BCUT2D eigenvalue weighted by atomic mass is 32.1. The van der Waals surface area contributed by atoms with Gasteiger partial charge in [0.15, 0.2) is 0 Å². The van der Waals surface area contributed by atoms with E-state index in [1.54, 1.807) is 0 Å². The third kappa shape index (κ3) is 5.66. The fourth-order valence-electron chi connectivity index (χ4n) is 6.99. The molecule has 0 aliphatic heterocycles. The van der Waals surface area contributed by atoms with Gasteiger partial charge in [0, 0.05) is 37.2 Å². The van der Waals surface area contributed by atoms with E-state index in [9.17, 15) is 0 Å². The number of nitrogens with zero attached hydrogens (tertiary/aromatic N) is 1. The topological polar surface area (TPSA) is 3.24 Å². The molecular weight excluding hydrogens is 623 g/mol. The average Bonchev–Trinajstić information content (AvgIpc) is 3.57. The van der Waals surface area contributed by atoms with Gasteiger partial charge < -0.3 is 4.90 Å². The molecule has 0 amide bonds. The first kappa shape index (κ1) is 29.9. The van der Waals surface area contributed by atoms with Crippen molar-refractivity contribution in [3.63, 3.8) is 0 Å². The first-order chi connectivity index (χ1) is 24.8. The maximum Gasteiger partial charge on any atom is 0.0476 e. The fraction of sp³-hybridized carbons (Fsp3) is 0. The predicted molar refractivity (Wildman–Crippen MR) is 216 cm³/mol. The van der Waals surface area contributed by atoms with Crippen LogP contribution >= 0.6 is 11.3 Å². The van der Waals surface area contributed by atoms with Gasteiger partial charge in [-0.25, -0.2) is 0 Å². The van der Waals surface area contributed by atoms with Crippen LogP contribution in [-0.4, -0.2) is 0 Å². The van der Waals surface area contributed by atoms with Crippen LogP contribution in [0, 0.1) is 0 Å². The molecule has 0 fully saturated rings. The van der Waals surface area contributed by atoms with Crippen LogP contribution in [0.4, 0.5) is 17.1 Å². The van der Waals surface area contributed by atoms with Crippen molar-refractivity contribution in [2.24, 2.45) is 0 Å². The molecule has 0 saturated carbocycles. The molecule has 0 radical (unpaired) electrons. The molecule has 9 rings (SSSR count). The van der Waals surface area contributed by atoms with Gasteiger partial charge >= 0.3 is 0 Å². The summed E-state index contributed by atoms with van der Waals surface area (Å²) < 4.78 is 2.61. The first-order valence-electron chi connectivity index (χ1n) is 17.0. The first-order valence-corrected chi connectivity index (χ1v) is 17.8. The molecule has 236 valence electrons. The number of benzene rings is 8. The van der Waals surface area contributed by atoms with Gasteiger partial charge in [-0.2, -0.15) is 0 Å². The van der Waals surface area contributed by atoms with Crippen molar-refractivity contribution in [2.75, 3.05) is 4.90 Å². The zero-order valence-corrected chi connectivity index (χ0v) is 28.2. The lowest BCUT2D eigenvalue weighted by Crippen LogP contribution is -2.09. The monoisotopic (exact) mass is 655 g/mol. The Balaban J connectivity index is 1.13. The van der Waals surface area contributed by atoms with E-state index in [0.29, 0.717) is 0 Å². The molecule has 0 saturated heterocycles. The molecule has 1 nitrogen and oxygen atoms in total. The molecule has 9 aromatic rings. The Bertz CT molecular complexity index is 2550. The minimum Gasteiger partial charge on any atom is -0.310 e. The van der Waals surface area contributed by atoms with Gasteiger partial charge in [0.1, 0.15) is 0 Å². The molecular formula is C48H33NS. The number of hydrogen-bond donors (Lipinski definition) is 0. The molecule has 0 aliphatic carbocycles. The van der Waals surface area contributed by atoms with E-state index in [0.717, 1.165) is 17.1 Å². The van der Waals surface area contributed by atoms with E-state index in [2.05, 4.69) is 205 Å². The van der Waals surface area contributed by atoms with Gasteiger partial charge in [0.25, 0.3) is 0 Å². The van der Waals surface area contributed by atoms with Gasteiger partial charge in [-0.3, -0.25) is 0 Å². The highest BCUT2D eigenvalue weighted by molar-refractivity contribution is 7.25. The third-order valence-corrected chi connectivity index (χ3v) is 10.6. The lowest BCUT2D eigenvalue weighted by atomic mass is 9.91. The van der Waals surface area contributed by atoms with Crippen LogP contribution in [0.3, 0.4) is 0 Å². The van der Waals surface area contributed by atoms with Crippen molar-refractivity contribution in [2.45, 2.75) is 0 Å². The van der Waals surface area contributed by atoms with Crippen molar-refractivity contribution in [1.29, 1.82) is 0 Å². The second-order valence-electron chi connectivity index (χ2n) is 12.6. The fourth-order valence-corrected chi connectivity index (χ4v) is 8.13. The summed E-state index contributed by atoms with van der Waals surface area (Å²) in [7, 11) is 0. The molecule has 0 atom stereocenters. The van der Waals surface area contributed by atoms with Gasteiger partial charge in [-0.1, -0.05) is 152 Å². The highest BCUT2D eigenvalue weighted by Crippen LogP contribution is 2.42. The molecule has 0 aliphatic rings. The van der Waals surface area contributed by atoms with Gasteiger partial charge in [-0.05, 0) is 93.0 Å². The lowest BCUT2D eigenvalue weighted by Gasteiger charge is -2.26. The van der Waals surface area contributed by atoms with E-state index < -0.39 is 0 Å². The van der Waals surface area contributed by atoms with E-state index in [4.69, 9.17) is 0 Å². The molecule has 0 N–H and O–H groups in total. The van der Waals surface area contributed by atoms with Crippen molar-refractivity contribution >= 4 is 48.6 Å². The second kappa shape index (κ2) is 13.0. The predicted octanol–water partition coefficient (Wildman–Crippen LogP) is 14.2. The van der Waals surface area contributed by atoms with Crippen molar-refractivity contribution < 1.29 is 0 Å². The van der Waals surface area contributed by atoms with E-state index in [-0.39, 0.29) is 0 Å². The molecule has 50 heavy (non-hydrogen) atoms. The van der Waals surface area contributed by atoms with Gasteiger partial charge in [0.2, 0.25) is 0 Å². The Morgan fingerprint density at radius 2 is 0.740 bits per heavy atom. The van der Waals surface area contributed by atoms with Crippen LogP contribution in [0.2, 0.25) is 0 Å². The average molecular weight is 656 g/mol. The van der Waals surface area contributed by atoms with E-state index >= 15 is 0 Å². The van der Waals surface area contributed by atoms with Crippen molar-refractivity contribution in [1.82, 2.24) is 0 Å². The van der Waals surface area contributed by atoms with E-state index in [1.165, 1.54) is 64.7 Å². The number of anilines is 3. The lowest BCUT2D eigenvalue weighted by molar-refractivity contribution is 1.29. The van der Waals surface area contributed by atoms with Crippen molar-refractivity contribution in [3.8, 4) is 44.5 Å². The maximum atomic E-state index is 2.37. The number of fused-ring (bicyclic) bond motifs is 3. The summed E-state index contributed by atoms with van der Waals surface area (Å²) in [6, 6.07) is 72.3. The number of thiophene rings is 1. The van der Waals surface area contributed by atoms with Crippen molar-refractivity contribution in [3.05, 3.63) is 200 Å². The summed E-state index contributed by atoms with van der Waals surface area (Å²) in [5, 5.41) is 2.62. The van der Waals surface area contributed by atoms with E-state index in [1.807, 2.05) is 11.3 Å². The quantitative estimate of drug-likeness (QED) is 0.165. The maximum absolute atomic E-state index is 2.37. The summed E-state index contributed by atoms with van der Waals surface area (Å²) in [5.41, 5.74) is 13.1. The summed E-state index contributed by atoms with van der Waals surface area (Å²) in [5.74, 6) is 0. The number of rotatable bonds is 7. The van der Waals surface area contributed by atoms with Crippen LogP contribution in [0.5, 0.6) is 0 Å².